The number of likely N-dealkylation sites (tertiary alicyclic amines) is 2. The van der Waals surface area contributed by atoms with E-state index in [-0.39, 0.29) is 35.0 Å². The summed E-state index contributed by atoms with van der Waals surface area (Å²) in [6.07, 6.45) is 3.90. The van der Waals surface area contributed by atoms with Gasteiger partial charge in [0, 0.05) is 49.2 Å². The Kier molecular flexibility index (Phi) is 4.49. The number of rotatable bonds is 4. The smallest absolute Gasteiger partial charge is 0.254 e. The Labute approximate surface area is 200 Å². The van der Waals surface area contributed by atoms with Crippen LogP contribution in [-0.2, 0) is 21.3 Å². The Morgan fingerprint density at radius 1 is 1.21 bits per heavy atom. The van der Waals surface area contributed by atoms with Crippen molar-refractivity contribution in [3.8, 4) is 5.75 Å². The van der Waals surface area contributed by atoms with Crippen LogP contribution in [0.25, 0.3) is 0 Å². The third-order valence-electron chi connectivity index (χ3n) is 9.71. The molecule has 34 heavy (non-hydrogen) atoms. The Morgan fingerprint density at radius 3 is 2.88 bits per heavy atom. The summed E-state index contributed by atoms with van der Waals surface area (Å²) in [4.78, 5) is 18.3. The van der Waals surface area contributed by atoms with Crippen molar-refractivity contribution >= 4 is 5.91 Å². The summed E-state index contributed by atoms with van der Waals surface area (Å²) in [6.45, 7) is 3.28. The van der Waals surface area contributed by atoms with Crippen molar-refractivity contribution in [3.05, 3.63) is 65.2 Å². The fraction of sp³-hybridized carbons (Fsp3) is 0.536. The standard InChI is InChI=1S/C28H32N2O4/c1-33-14-13-29-12-11-27-21-16-20(31)8-7-19(21)15-24(29)28(27)10-9-22-25(27)23(34-28)17-30(22)26(32)18-5-3-2-4-6-18/h2-8,16,22-25,31H,9-15,17H2,1H3/t22?,23-,24?,25?,27?,28?/m1/s1. The number of phenols is 1. The molecule has 1 saturated carbocycles. The van der Waals surface area contributed by atoms with Crippen LogP contribution in [0.3, 0.4) is 0 Å². The van der Waals surface area contributed by atoms with E-state index in [1.54, 1.807) is 7.11 Å². The van der Waals surface area contributed by atoms with Gasteiger partial charge >= 0.3 is 0 Å². The first-order valence-corrected chi connectivity index (χ1v) is 12.7. The van der Waals surface area contributed by atoms with Gasteiger partial charge in [-0.3, -0.25) is 9.69 Å². The van der Waals surface area contributed by atoms with E-state index in [1.807, 2.05) is 42.5 Å². The van der Waals surface area contributed by atoms with E-state index in [4.69, 9.17) is 9.47 Å². The van der Waals surface area contributed by atoms with Gasteiger partial charge in [0.2, 0.25) is 0 Å². The maximum Gasteiger partial charge on any atom is 0.254 e. The number of phenolic OH excluding ortho intramolecular Hbond substituents is 1. The summed E-state index contributed by atoms with van der Waals surface area (Å²) >= 11 is 0. The van der Waals surface area contributed by atoms with Crippen LogP contribution >= 0.6 is 0 Å². The minimum atomic E-state index is -0.256. The number of fused-ring (bicyclic) bond motifs is 1. The molecule has 4 bridgehead atoms. The lowest BCUT2D eigenvalue weighted by atomic mass is 9.46. The van der Waals surface area contributed by atoms with Crippen LogP contribution in [0.2, 0.25) is 0 Å². The maximum atomic E-state index is 13.6. The summed E-state index contributed by atoms with van der Waals surface area (Å²) in [6, 6.07) is 16.1. The number of amides is 1. The monoisotopic (exact) mass is 460 g/mol. The lowest BCUT2D eigenvalue weighted by Gasteiger charge is -2.64. The van der Waals surface area contributed by atoms with Crippen LogP contribution in [0.4, 0.5) is 0 Å². The number of hydrogen-bond acceptors (Lipinski definition) is 5. The number of aromatic hydroxyl groups is 1. The van der Waals surface area contributed by atoms with Gasteiger partial charge in [0.1, 0.15) is 5.75 Å². The predicted octanol–water partition coefficient (Wildman–Crippen LogP) is 2.98. The zero-order valence-electron chi connectivity index (χ0n) is 19.7. The Bertz CT molecular complexity index is 1140. The number of ether oxygens (including phenoxy) is 2. The van der Waals surface area contributed by atoms with Gasteiger partial charge in [-0.2, -0.15) is 0 Å². The van der Waals surface area contributed by atoms with Crippen molar-refractivity contribution in [2.45, 2.75) is 54.9 Å². The van der Waals surface area contributed by atoms with Crippen LogP contribution in [0.5, 0.6) is 5.75 Å². The lowest BCUT2D eigenvalue weighted by Crippen LogP contribution is -2.74. The maximum absolute atomic E-state index is 13.6. The van der Waals surface area contributed by atoms with Crippen molar-refractivity contribution in [1.82, 2.24) is 9.80 Å². The minimum absolute atomic E-state index is 0.0401. The number of hydrogen-bond donors (Lipinski definition) is 1. The SMILES string of the molecule is COCCN1CCC23c4cc(O)ccc4CC1C21CCC2C3[C@@H](CN2C(=O)c2ccccc2)O1. The lowest BCUT2D eigenvalue weighted by molar-refractivity contribution is -0.171. The summed E-state index contributed by atoms with van der Waals surface area (Å²) in [5.41, 5.74) is 2.95. The molecule has 3 heterocycles. The largest absolute Gasteiger partial charge is 0.508 e. The molecule has 3 aliphatic heterocycles. The summed E-state index contributed by atoms with van der Waals surface area (Å²) in [5, 5.41) is 10.5. The van der Waals surface area contributed by atoms with E-state index in [0.717, 1.165) is 50.9 Å². The molecule has 0 aromatic heterocycles. The first kappa shape index (κ1) is 20.9. The average molecular weight is 461 g/mol. The molecule has 178 valence electrons. The van der Waals surface area contributed by atoms with Gasteiger partial charge < -0.3 is 19.5 Å². The molecule has 6 nitrogen and oxygen atoms in total. The van der Waals surface area contributed by atoms with E-state index in [1.165, 1.54) is 11.1 Å². The van der Waals surface area contributed by atoms with Gasteiger partial charge in [0.15, 0.2) is 0 Å². The first-order chi connectivity index (χ1) is 16.6. The highest BCUT2D eigenvalue weighted by Crippen LogP contribution is 2.69. The highest BCUT2D eigenvalue weighted by molar-refractivity contribution is 5.94. The molecule has 1 N–H and O–H groups in total. The topological polar surface area (TPSA) is 62.2 Å². The molecular weight excluding hydrogens is 428 g/mol. The predicted molar refractivity (Wildman–Crippen MR) is 127 cm³/mol. The molecule has 0 spiro atoms. The van der Waals surface area contributed by atoms with Crippen molar-refractivity contribution in [2.75, 3.05) is 33.4 Å². The van der Waals surface area contributed by atoms with Gasteiger partial charge in [-0.1, -0.05) is 24.3 Å². The van der Waals surface area contributed by atoms with Gasteiger partial charge in [-0.25, -0.2) is 0 Å². The molecule has 6 heteroatoms. The van der Waals surface area contributed by atoms with Gasteiger partial charge in [-0.15, -0.1) is 0 Å². The molecule has 3 saturated heterocycles. The van der Waals surface area contributed by atoms with E-state index in [0.29, 0.717) is 18.3 Å². The second-order valence-electron chi connectivity index (χ2n) is 10.8. The highest BCUT2D eigenvalue weighted by atomic mass is 16.5. The molecule has 6 atom stereocenters. The second kappa shape index (κ2) is 7.30. The van der Waals surface area contributed by atoms with E-state index in [2.05, 4.69) is 15.9 Å². The minimum Gasteiger partial charge on any atom is -0.508 e. The van der Waals surface area contributed by atoms with Gasteiger partial charge in [0.25, 0.3) is 5.91 Å². The van der Waals surface area contributed by atoms with Crippen LogP contribution in [0, 0.1) is 5.92 Å². The van der Waals surface area contributed by atoms with Gasteiger partial charge in [-0.05, 0) is 67.6 Å². The van der Waals surface area contributed by atoms with Crippen molar-refractivity contribution < 1.29 is 19.4 Å². The molecule has 2 aliphatic carbocycles. The van der Waals surface area contributed by atoms with Crippen LogP contribution in [0.15, 0.2) is 48.5 Å². The molecule has 2 aromatic carbocycles. The third kappa shape index (κ3) is 2.49. The van der Waals surface area contributed by atoms with Crippen molar-refractivity contribution in [2.24, 2.45) is 5.92 Å². The number of nitrogens with zero attached hydrogens (tertiary/aromatic N) is 2. The van der Waals surface area contributed by atoms with Crippen LogP contribution in [0.1, 0.15) is 40.7 Å². The normalized spacial score (nSPS) is 37.4. The summed E-state index contributed by atoms with van der Waals surface area (Å²) in [5.74, 6) is 0.716. The summed E-state index contributed by atoms with van der Waals surface area (Å²) in [7, 11) is 1.77. The van der Waals surface area contributed by atoms with Crippen LogP contribution in [-0.4, -0.2) is 78.0 Å². The van der Waals surface area contributed by atoms with Gasteiger partial charge in [0.05, 0.1) is 18.3 Å². The molecule has 1 amide bonds. The Hall–Kier alpha value is -2.41. The van der Waals surface area contributed by atoms with Crippen molar-refractivity contribution in [3.63, 3.8) is 0 Å². The molecule has 7 rings (SSSR count). The van der Waals surface area contributed by atoms with E-state index >= 15 is 0 Å². The van der Waals surface area contributed by atoms with Crippen molar-refractivity contribution in [1.29, 1.82) is 0 Å². The zero-order chi connectivity index (χ0) is 23.1. The molecule has 5 aliphatic rings. The number of carbonyl (C=O) groups is 1. The van der Waals surface area contributed by atoms with E-state index in [9.17, 15) is 9.90 Å². The Morgan fingerprint density at radius 2 is 2.06 bits per heavy atom. The number of methoxy groups -OCH3 is 1. The highest BCUT2D eigenvalue weighted by Gasteiger charge is 2.78. The third-order valence-corrected chi connectivity index (χ3v) is 9.71. The molecular formula is C28H32N2O4. The number of benzene rings is 2. The number of carbonyl (C=O) groups excluding carboxylic acids is 1. The molecule has 2 aromatic rings. The molecule has 0 radical (unpaired) electrons. The molecule has 4 fully saturated rings. The first-order valence-electron chi connectivity index (χ1n) is 12.7. The second-order valence-corrected chi connectivity index (χ2v) is 10.8. The fourth-order valence-electron chi connectivity index (χ4n) is 8.63. The fourth-order valence-corrected chi connectivity index (χ4v) is 8.63. The average Bonchev–Trinajstić information content (AvgIpc) is 3.30. The zero-order valence-corrected chi connectivity index (χ0v) is 19.7. The van der Waals surface area contributed by atoms with Crippen LogP contribution < -0.4 is 0 Å². The summed E-state index contributed by atoms with van der Waals surface area (Å²) < 4.78 is 12.6. The molecule has 5 unspecified atom stereocenters. The quantitative estimate of drug-likeness (QED) is 0.760. The van der Waals surface area contributed by atoms with E-state index < -0.39 is 0 Å². The number of piperidine rings is 1. The Balaban J connectivity index is 1.34.